The van der Waals surface area contributed by atoms with Crippen molar-refractivity contribution < 1.29 is 53.2 Å². The molecule has 0 unspecified atom stereocenters. The van der Waals surface area contributed by atoms with Crippen LogP contribution in [0.1, 0.15) is 22.3 Å². The second kappa shape index (κ2) is 18.4. The van der Waals surface area contributed by atoms with Gasteiger partial charge in [0.2, 0.25) is 0 Å². The van der Waals surface area contributed by atoms with Gasteiger partial charge in [0.1, 0.15) is 0 Å². The van der Waals surface area contributed by atoms with Crippen LogP contribution in [0.5, 0.6) is 0 Å². The first kappa shape index (κ1) is 45.4. The third-order valence-corrected chi connectivity index (χ3v) is 30.9. The number of alkyl halides is 6. The molecule has 0 N–H and O–H groups in total. The van der Waals surface area contributed by atoms with Gasteiger partial charge >= 0.3 is 65.9 Å². The first-order valence-electron chi connectivity index (χ1n) is 20.1. The van der Waals surface area contributed by atoms with Crippen LogP contribution < -0.4 is 0 Å². The predicted octanol–water partition coefficient (Wildman–Crippen LogP) is 18.1. The van der Waals surface area contributed by atoms with E-state index < -0.39 is 41.5 Å². The summed E-state index contributed by atoms with van der Waals surface area (Å²) in [5, 5.41) is 8.20. The maximum absolute atomic E-state index is 12.9. The van der Waals surface area contributed by atoms with Gasteiger partial charge in [0, 0.05) is 10.8 Å². The molecule has 8 aromatic carbocycles. The SMILES string of the molecule is C[Si](C)=[Zr]([Cl])[Cl].Cc1ccc2[cH-]c(-c3occ4ccccc34)cc2c1-c1ccc(C(F)(F)F)cc1.Cc1ccc2[cH-]c(-c3occ4ccccc34)cc2c1-c1ccc(C(F)(F)F)cc1. The van der Waals surface area contributed by atoms with E-state index in [4.69, 9.17) is 25.9 Å². The van der Waals surface area contributed by atoms with E-state index in [2.05, 4.69) is 37.4 Å². The Morgan fingerprint density at radius 1 is 0.500 bits per heavy atom. The molecule has 0 saturated heterocycles. The van der Waals surface area contributed by atoms with E-state index in [9.17, 15) is 26.3 Å². The summed E-state index contributed by atoms with van der Waals surface area (Å²) in [4.78, 5) is 0. The van der Waals surface area contributed by atoms with Gasteiger partial charge in [-0.2, -0.15) is 26.3 Å². The summed E-state index contributed by atoms with van der Waals surface area (Å²) < 4.78 is 89.3. The Hall–Kier alpha value is -5.12. The van der Waals surface area contributed by atoms with Crippen molar-refractivity contribution in [1.29, 1.82) is 0 Å². The molecule has 0 aliphatic heterocycles. The van der Waals surface area contributed by atoms with Gasteiger partial charge in [-0.3, -0.25) is 0 Å². The minimum atomic E-state index is -4.34. The van der Waals surface area contributed by atoms with Gasteiger partial charge in [0.25, 0.3) is 0 Å². The number of halogens is 8. The van der Waals surface area contributed by atoms with Crippen molar-refractivity contribution in [3.63, 3.8) is 0 Å². The summed E-state index contributed by atoms with van der Waals surface area (Å²) in [6.45, 7) is 8.28. The van der Waals surface area contributed by atoms with Crippen LogP contribution in [-0.4, -0.2) is 5.43 Å². The average Bonchev–Trinajstić information content (AvgIpc) is 4.08. The third kappa shape index (κ3) is 9.48. The summed E-state index contributed by atoms with van der Waals surface area (Å²) in [7, 11) is 11.2. The molecule has 0 atom stereocenters. The molecule has 0 aliphatic rings. The van der Waals surface area contributed by atoms with Gasteiger partial charge in [0.15, 0.2) is 0 Å². The predicted molar refractivity (Wildman–Crippen MR) is 249 cm³/mol. The molecule has 10 aromatic rings. The zero-order valence-corrected chi connectivity index (χ0v) is 39.8. The first-order chi connectivity index (χ1) is 30.5. The molecule has 64 heavy (non-hydrogen) atoms. The standard InChI is InChI=1S/2C25H16F3O.C2H6Si.2ClH.Zr/c2*1-15-6-7-17-12-19(24-21-5-3-2-4-18(21)14-29-24)13-22(17)23(15)16-8-10-20(11-9-16)25(26,27)28;1-3-2;;;/h2*2-14H,1H3;1-2H3;2*1H;/q2*-1;;;;+2/p-2. The van der Waals surface area contributed by atoms with Crippen LogP contribution in [0.2, 0.25) is 13.1 Å². The number of furan rings is 2. The molecule has 0 saturated carbocycles. The summed E-state index contributed by atoms with van der Waals surface area (Å²) in [5.41, 5.74) is 5.85. The number of rotatable bonds is 4. The monoisotopic (exact) mass is 996 g/mol. The van der Waals surface area contributed by atoms with Gasteiger partial charge in [-0.1, -0.05) is 107 Å². The molecule has 0 amide bonds. The van der Waals surface area contributed by atoms with Gasteiger partial charge in [0.05, 0.1) is 35.2 Å². The smallest absolute Gasteiger partial charge is 0.416 e. The Bertz CT molecular complexity index is 3090. The van der Waals surface area contributed by atoms with E-state index in [1.165, 1.54) is 0 Å². The minimum Gasteiger partial charge on any atom is -0.498 e. The van der Waals surface area contributed by atoms with Gasteiger partial charge < -0.3 is 8.83 Å². The van der Waals surface area contributed by atoms with Crippen LogP contribution in [0.4, 0.5) is 26.3 Å². The zero-order valence-electron chi connectivity index (χ0n) is 34.9. The van der Waals surface area contributed by atoms with Crippen molar-refractivity contribution in [2.75, 3.05) is 0 Å². The quantitative estimate of drug-likeness (QED) is 0.0998. The van der Waals surface area contributed by atoms with E-state index in [1.54, 1.807) is 36.8 Å². The largest absolute Gasteiger partial charge is 0.498 e. The van der Waals surface area contributed by atoms with Crippen molar-refractivity contribution >= 4 is 65.5 Å². The van der Waals surface area contributed by atoms with Crippen molar-refractivity contribution in [3.8, 4) is 44.9 Å². The Balaban J connectivity index is 0.000000156. The Kier molecular flexibility index (Phi) is 13.1. The third-order valence-electron chi connectivity index (χ3n) is 11.1. The fraction of sp³-hybridized carbons (Fsp3) is 0.115. The van der Waals surface area contributed by atoms with E-state index in [0.717, 1.165) is 123 Å². The number of hydrogen-bond acceptors (Lipinski definition) is 2. The van der Waals surface area contributed by atoms with Gasteiger partial charge in [-0.15, -0.1) is 57.9 Å². The van der Waals surface area contributed by atoms with Crippen LogP contribution in [0.25, 0.3) is 88.0 Å². The Morgan fingerprint density at radius 2 is 0.859 bits per heavy atom. The molecule has 0 aliphatic carbocycles. The van der Waals surface area contributed by atoms with Gasteiger partial charge in [-0.25, -0.2) is 0 Å². The molecule has 10 rings (SSSR count). The van der Waals surface area contributed by atoms with Crippen LogP contribution >= 0.6 is 17.0 Å². The zero-order chi connectivity index (χ0) is 45.5. The van der Waals surface area contributed by atoms with Crippen LogP contribution in [0.3, 0.4) is 0 Å². The minimum absolute atomic E-state index is 0.224. The van der Waals surface area contributed by atoms with Gasteiger partial charge in [-0.05, 0) is 71.1 Å². The number of aryl methyl sites for hydroxylation is 2. The van der Waals surface area contributed by atoms with Crippen LogP contribution in [0, 0.1) is 13.8 Å². The molecule has 0 bridgehead atoms. The van der Waals surface area contributed by atoms with Crippen LogP contribution in [0.15, 0.2) is 167 Å². The van der Waals surface area contributed by atoms with Crippen molar-refractivity contribution in [2.24, 2.45) is 0 Å². The van der Waals surface area contributed by atoms with E-state index in [-0.39, 0.29) is 5.43 Å². The summed E-state index contributed by atoms with van der Waals surface area (Å²) in [6, 6.07) is 42.9. The van der Waals surface area contributed by atoms with E-state index >= 15 is 0 Å². The average molecular weight is 999 g/mol. The second-order valence-corrected chi connectivity index (χ2v) is 38.7. The molecule has 0 radical (unpaired) electrons. The molecule has 2 aromatic heterocycles. The fourth-order valence-electron chi connectivity index (χ4n) is 7.89. The normalized spacial score (nSPS) is 11.8. The van der Waals surface area contributed by atoms with Crippen molar-refractivity contribution in [2.45, 2.75) is 39.3 Å². The molecule has 324 valence electrons. The van der Waals surface area contributed by atoms with Crippen molar-refractivity contribution in [1.82, 2.24) is 0 Å². The molecule has 0 spiro atoms. The van der Waals surface area contributed by atoms with E-state index in [1.807, 2.05) is 86.6 Å². The van der Waals surface area contributed by atoms with E-state index in [0.29, 0.717) is 0 Å². The number of benzene rings is 6. The molecule has 0 fully saturated rings. The maximum Gasteiger partial charge on any atom is 0.416 e. The molecule has 2 heterocycles. The summed E-state index contributed by atoms with van der Waals surface area (Å²) >= 11 is -1.65. The Labute approximate surface area is 380 Å². The summed E-state index contributed by atoms with van der Waals surface area (Å²) in [5.74, 6) is 1.60. The Morgan fingerprint density at radius 3 is 1.20 bits per heavy atom. The molecule has 12 heteroatoms. The molecular formula is C52H38Cl2F6O2SiZr-2. The first-order valence-corrected chi connectivity index (χ1v) is 32.7. The number of hydrogen-bond donors (Lipinski definition) is 0. The molecular weight excluding hydrogens is 961 g/mol. The summed E-state index contributed by atoms with van der Waals surface area (Å²) in [6.07, 6.45) is -5.20. The topological polar surface area (TPSA) is 26.3 Å². The second-order valence-electron chi connectivity index (χ2n) is 15.7. The maximum atomic E-state index is 12.9. The number of fused-ring (bicyclic) bond motifs is 4. The fourth-order valence-corrected chi connectivity index (χ4v) is 7.89. The molecule has 2 nitrogen and oxygen atoms in total. The van der Waals surface area contributed by atoms with Crippen molar-refractivity contribution in [3.05, 3.63) is 180 Å². The van der Waals surface area contributed by atoms with Crippen LogP contribution in [-0.2, 0) is 30.3 Å².